The standard InChI is InChI=1S/C15H19N3O4S/c19-14(16-11-5-2-1-3-6-11)9-10-23(20,21)13-8-4-7-12-15(13)18-22-17-12/h4,7-8,11H,1-3,5-6,9-10H2,(H,16,19). The zero-order chi connectivity index (χ0) is 16.3. The zero-order valence-corrected chi connectivity index (χ0v) is 13.5. The molecule has 0 aliphatic heterocycles. The molecular weight excluding hydrogens is 318 g/mol. The monoisotopic (exact) mass is 337 g/mol. The smallest absolute Gasteiger partial charge is 0.221 e. The molecule has 1 aliphatic rings. The molecule has 8 heteroatoms. The highest BCUT2D eigenvalue weighted by Crippen LogP contribution is 2.21. The topological polar surface area (TPSA) is 102 Å². The third-order valence-electron chi connectivity index (χ3n) is 4.15. The molecule has 0 atom stereocenters. The van der Waals surface area contributed by atoms with Gasteiger partial charge in [0.05, 0.1) is 10.6 Å². The lowest BCUT2D eigenvalue weighted by molar-refractivity contribution is -0.121. The van der Waals surface area contributed by atoms with Crippen LogP contribution in [-0.2, 0) is 14.6 Å². The number of nitrogens with zero attached hydrogens (tertiary/aromatic N) is 2. The van der Waals surface area contributed by atoms with Crippen LogP contribution in [0.15, 0.2) is 27.7 Å². The SMILES string of the molecule is O=C(CCS(=O)(=O)c1cccc2nonc12)NC1CCCCC1. The minimum Gasteiger partial charge on any atom is -0.353 e. The quantitative estimate of drug-likeness (QED) is 0.893. The van der Waals surface area contributed by atoms with Crippen molar-refractivity contribution in [2.45, 2.75) is 49.5 Å². The van der Waals surface area contributed by atoms with Gasteiger partial charge in [-0.1, -0.05) is 25.3 Å². The summed E-state index contributed by atoms with van der Waals surface area (Å²) in [5.74, 6) is -0.469. The number of nitrogens with one attached hydrogen (secondary N) is 1. The minimum atomic E-state index is -3.62. The van der Waals surface area contributed by atoms with Crippen molar-refractivity contribution >= 4 is 26.8 Å². The van der Waals surface area contributed by atoms with Gasteiger partial charge in [-0.15, -0.1) is 0 Å². The van der Waals surface area contributed by atoms with E-state index >= 15 is 0 Å². The molecule has 1 N–H and O–H groups in total. The van der Waals surface area contributed by atoms with E-state index in [4.69, 9.17) is 0 Å². The Balaban J connectivity index is 1.64. The van der Waals surface area contributed by atoms with Crippen molar-refractivity contribution in [2.24, 2.45) is 0 Å². The average Bonchev–Trinajstić information content (AvgIpc) is 3.02. The second-order valence-electron chi connectivity index (χ2n) is 5.86. The van der Waals surface area contributed by atoms with E-state index < -0.39 is 9.84 Å². The third-order valence-corrected chi connectivity index (χ3v) is 5.89. The van der Waals surface area contributed by atoms with Crippen molar-refractivity contribution in [3.05, 3.63) is 18.2 Å². The lowest BCUT2D eigenvalue weighted by Crippen LogP contribution is -2.36. The van der Waals surface area contributed by atoms with Crippen molar-refractivity contribution < 1.29 is 17.8 Å². The Morgan fingerprint density at radius 1 is 1.22 bits per heavy atom. The molecule has 124 valence electrons. The highest BCUT2D eigenvalue weighted by atomic mass is 32.2. The molecule has 1 fully saturated rings. The van der Waals surface area contributed by atoms with Crippen LogP contribution in [0.25, 0.3) is 11.0 Å². The molecule has 1 aromatic carbocycles. The zero-order valence-electron chi connectivity index (χ0n) is 12.7. The van der Waals surface area contributed by atoms with Crippen LogP contribution in [0, 0.1) is 0 Å². The van der Waals surface area contributed by atoms with Gasteiger partial charge in [-0.2, -0.15) is 0 Å². The summed E-state index contributed by atoms with van der Waals surface area (Å²) < 4.78 is 29.5. The summed E-state index contributed by atoms with van der Waals surface area (Å²) in [6.45, 7) is 0. The Bertz CT molecular complexity index is 794. The maximum Gasteiger partial charge on any atom is 0.221 e. The summed E-state index contributed by atoms with van der Waals surface area (Å²) in [5.41, 5.74) is 0.595. The number of aromatic nitrogens is 2. The first-order valence-electron chi connectivity index (χ1n) is 7.80. The van der Waals surface area contributed by atoms with Gasteiger partial charge in [0.15, 0.2) is 15.4 Å². The van der Waals surface area contributed by atoms with Crippen LogP contribution in [0.1, 0.15) is 38.5 Å². The Morgan fingerprint density at radius 3 is 2.78 bits per heavy atom. The number of fused-ring (bicyclic) bond motifs is 1. The largest absolute Gasteiger partial charge is 0.353 e. The Morgan fingerprint density at radius 2 is 2.00 bits per heavy atom. The lowest BCUT2D eigenvalue weighted by Gasteiger charge is -2.22. The fourth-order valence-corrected chi connectivity index (χ4v) is 4.31. The molecule has 3 rings (SSSR count). The lowest BCUT2D eigenvalue weighted by atomic mass is 9.95. The molecular formula is C15H19N3O4S. The van der Waals surface area contributed by atoms with E-state index in [1.807, 2.05) is 0 Å². The van der Waals surface area contributed by atoms with E-state index in [0.29, 0.717) is 5.52 Å². The minimum absolute atomic E-state index is 0.0551. The maximum atomic E-state index is 12.5. The van der Waals surface area contributed by atoms with Gasteiger partial charge in [0.1, 0.15) is 5.52 Å². The molecule has 1 amide bonds. The van der Waals surface area contributed by atoms with Gasteiger partial charge >= 0.3 is 0 Å². The second-order valence-corrected chi connectivity index (χ2v) is 7.94. The van der Waals surface area contributed by atoms with Crippen LogP contribution in [0.2, 0.25) is 0 Å². The van der Waals surface area contributed by atoms with Crippen molar-refractivity contribution in [3.8, 4) is 0 Å². The molecule has 0 unspecified atom stereocenters. The number of carbonyl (C=O) groups is 1. The third kappa shape index (κ3) is 3.69. The number of benzene rings is 1. The molecule has 2 aromatic rings. The Labute approximate surface area is 134 Å². The highest BCUT2D eigenvalue weighted by molar-refractivity contribution is 7.91. The number of sulfone groups is 1. The molecule has 0 bridgehead atoms. The fourth-order valence-electron chi connectivity index (χ4n) is 2.92. The number of carbonyl (C=O) groups excluding carboxylic acids is 1. The highest BCUT2D eigenvalue weighted by Gasteiger charge is 2.22. The number of hydrogen-bond donors (Lipinski definition) is 1. The summed E-state index contributed by atoms with van der Waals surface area (Å²) in [6, 6.07) is 4.85. The summed E-state index contributed by atoms with van der Waals surface area (Å²) in [4.78, 5) is 12.0. The molecule has 0 saturated heterocycles. The van der Waals surface area contributed by atoms with Crippen molar-refractivity contribution in [1.29, 1.82) is 0 Å². The van der Waals surface area contributed by atoms with Crippen LogP contribution < -0.4 is 5.32 Å². The number of rotatable bonds is 5. The summed E-state index contributed by atoms with van der Waals surface area (Å²) in [5, 5.41) is 10.2. The van der Waals surface area contributed by atoms with Gasteiger partial charge in [-0.05, 0) is 35.3 Å². The van der Waals surface area contributed by atoms with E-state index in [1.54, 1.807) is 12.1 Å². The predicted molar refractivity (Wildman–Crippen MR) is 83.5 cm³/mol. The second kappa shape index (κ2) is 6.66. The summed E-state index contributed by atoms with van der Waals surface area (Å²) in [7, 11) is -3.62. The van der Waals surface area contributed by atoms with Gasteiger partial charge in [-0.25, -0.2) is 13.0 Å². The van der Waals surface area contributed by atoms with Crippen LogP contribution in [0.4, 0.5) is 0 Å². The molecule has 1 aliphatic carbocycles. The summed E-state index contributed by atoms with van der Waals surface area (Å²) in [6.07, 6.45) is 5.33. The predicted octanol–water partition coefficient (Wildman–Crippen LogP) is 1.84. The first-order valence-corrected chi connectivity index (χ1v) is 9.45. The van der Waals surface area contributed by atoms with Crippen molar-refractivity contribution in [3.63, 3.8) is 0 Å². The van der Waals surface area contributed by atoms with Crippen molar-refractivity contribution in [2.75, 3.05) is 5.75 Å². The van der Waals surface area contributed by atoms with Crippen molar-refractivity contribution in [1.82, 2.24) is 15.6 Å². The van der Waals surface area contributed by atoms with E-state index in [2.05, 4.69) is 20.3 Å². The van der Waals surface area contributed by atoms with E-state index in [0.717, 1.165) is 25.7 Å². The van der Waals surface area contributed by atoms with Gasteiger partial charge in [0, 0.05) is 12.5 Å². The number of hydrogen-bond acceptors (Lipinski definition) is 6. The molecule has 0 spiro atoms. The van der Waals surface area contributed by atoms with Gasteiger partial charge in [0.25, 0.3) is 0 Å². The first kappa shape index (κ1) is 15.9. The first-order chi connectivity index (χ1) is 11.1. The molecule has 1 heterocycles. The molecule has 7 nitrogen and oxygen atoms in total. The normalized spacial score (nSPS) is 16.5. The van der Waals surface area contributed by atoms with Crippen LogP contribution in [0.5, 0.6) is 0 Å². The maximum absolute atomic E-state index is 12.5. The van der Waals surface area contributed by atoms with Crippen LogP contribution in [-0.4, -0.2) is 36.4 Å². The van der Waals surface area contributed by atoms with Gasteiger partial charge in [0.2, 0.25) is 5.91 Å². The molecule has 1 saturated carbocycles. The average molecular weight is 337 g/mol. The van der Waals surface area contributed by atoms with E-state index in [-0.39, 0.29) is 34.5 Å². The van der Waals surface area contributed by atoms with Crippen LogP contribution >= 0.6 is 0 Å². The Kier molecular flexibility index (Phi) is 4.61. The number of amides is 1. The van der Waals surface area contributed by atoms with E-state index in [9.17, 15) is 13.2 Å². The van der Waals surface area contributed by atoms with Gasteiger partial charge < -0.3 is 5.32 Å². The fraction of sp³-hybridized carbons (Fsp3) is 0.533. The summed E-state index contributed by atoms with van der Waals surface area (Å²) >= 11 is 0. The van der Waals surface area contributed by atoms with Gasteiger partial charge in [-0.3, -0.25) is 4.79 Å². The Hall–Kier alpha value is -1.96. The van der Waals surface area contributed by atoms with E-state index in [1.165, 1.54) is 12.5 Å². The molecule has 0 radical (unpaired) electrons. The molecule has 23 heavy (non-hydrogen) atoms. The molecule has 1 aromatic heterocycles. The van der Waals surface area contributed by atoms with Crippen LogP contribution in [0.3, 0.4) is 0 Å².